The fourth-order valence-electron chi connectivity index (χ4n) is 0.959. The third-order valence-corrected chi connectivity index (χ3v) is 1.57. The van der Waals surface area contributed by atoms with Gasteiger partial charge < -0.3 is 10.8 Å². The maximum Gasteiger partial charge on any atom is 0.126 e. The summed E-state index contributed by atoms with van der Waals surface area (Å²) in [6.07, 6.45) is 2.74. The molecule has 0 aliphatic heterocycles. The van der Waals surface area contributed by atoms with Gasteiger partial charge in [0.2, 0.25) is 0 Å². The Bertz CT molecular complexity index is 196. The molecule has 3 N–H and O–H groups in total. The summed E-state index contributed by atoms with van der Waals surface area (Å²) in [5.41, 5.74) is 6.15. The van der Waals surface area contributed by atoms with Gasteiger partial charge in [-0.25, -0.2) is 4.39 Å². The average molecular weight is 143 g/mol. The first-order valence-electron chi connectivity index (χ1n) is 3.20. The lowest BCUT2D eigenvalue weighted by Gasteiger charge is -2.11. The normalized spacial score (nSPS) is 19.2. The Morgan fingerprint density at radius 2 is 2.40 bits per heavy atom. The van der Waals surface area contributed by atoms with Gasteiger partial charge in [0.25, 0.3) is 0 Å². The average Bonchev–Trinajstić information content (AvgIpc) is 1.88. The van der Waals surface area contributed by atoms with Crippen LogP contribution in [0, 0.1) is 0 Å². The molecule has 0 bridgehead atoms. The van der Waals surface area contributed by atoms with E-state index < -0.39 is 0 Å². The van der Waals surface area contributed by atoms with Crippen LogP contribution in [0.3, 0.4) is 0 Å². The number of aliphatic hydroxyl groups excluding tert-OH is 1. The summed E-state index contributed by atoms with van der Waals surface area (Å²) >= 11 is 0. The molecule has 56 valence electrons. The monoisotopic (exact) mass is 143 g/mol. The summed E-state index contributed by atoms with van der Waals surface area (Å²) in [6.45, 7) is -0.297. The first kappa shape index (κ1) is 7.28. The Morgan fingerprint density at radius 1 is 1.70 bits per heavy atom. The fourth-order valence-corrected chi connectivity index (χ4v) is 0.959. The molecule has 0 aromatic carbocycles. The highest BCUT2D eigenvalue weighted by Crippen LogP contribution is 2.22. The van der Waals surface area contributed by atoms with E-state index in [0.717, 1.165) is 0 Å². The van der Waals surface area contributed by atoms with E-state index in [1.54, 1.807) is 0 Å². The third-order valence-electron chi connectivity index (χ3n) is 1.57. The molecule has 1 aliphatic carbocycles. The molecule has 1 aliphatic rings. The van der Waals surface area contributed by atoms with Crippen molar-refractivity contribution in [1.29, 1.82) is 0 Å². The Hall–Kier alpha value is -0.830. The van der Waals surface area contributed by atoms with Crippen LogP contribution in [0.4, 0.5) is 4.39 Å². The number of hydrogen-bond donors (Lipinski definition) is 2. The van der Waals surface area contributed by atoms with Gasteiger partial charge in [-0.05, 0) is 18.9 Å². The lowest BCUT2D eigenvalue weighted by atomic mass is 10.0. The zero-order valence-electron chi connectivity index (χ0n) is 5.60. The topological polar surface area (TPSA) is 46.2 Å². The summed E-state index contributed by atoms with van der Waals surface area (Å²) in [4.78, 5) is 0. The highest BCUT2D eigenvalue weighted by molar-refractivity contribution is 5.32. The van der Waals surface area contributed by atoms with E-state index in [2.05, 4.69) is 0 Å². The van der Waals surface area contributed by atoms with E-state index in [9.17, 15) is 4.39 Å². The molecule has 0 unspecified atom stereocenters. The maximum atomic E-state index is 12.7. The summed E-state index contributed by atoms with van der Waals surface area (Å²) in [6, 6.07) is 0. The van der Waals surface area contributed by atoms with Crippen LogP contribution >= 0.6 is 0 Å². The summed E-state index contributed by atoms with van der Waals surface area (Å²) in [5, 5.41) is 8.61. The third kappa shape index (κ3) is 1.19. The first-order valence-corrected chi connectivity index (χ1v) is 3.20. The van der Waals surface area contributed by atoms with Crippen molar-refractivity contribution in [2.24, 2.45) is 5.73 Å². The number of hydrogen-bond acceptors (Lipinski definition) is 2. The van der Waals surface area contributed by atoms with Crippen molar-refractivity contribution < 1.29 is 9.50 Å². The molecule has 0 fully saturated rings. The van der Waals surface area contributed by atoms with Gasteiger partial charge >= 0.3 is 0 Å². The Morgan fingerprint density at radius 3 is 2.80 bits per heavy atom. The van der Waals surface area contributed by atoms with Gasteiger partial charge in [0.1, 0.15) is 5.83 Å². The molecule has 0 aromatic rings. The van der Waals surface area contributed by atoms with Crippen LogP contribution in [0.15, 0.2) is 23.2 Å². The molecular formula is C7H10FNO. The largest absolute Gasteiger partial charge is 0.402 e. The summed E-state index contributed by atoms with van der Waals surface area (Å²) < 4.78 is 12.7. The number of rotatable bonds is 1. The summed E-state index contributed by atoms with van der Waals surface area (Å²) in [5.74, 6) is -0.369. The second kappa shape index (κ2) is 2.84. The summed E-state index contributed by atoms with van der Waals surface area (Å²) in [7, 11) is 0. The van der Waals surface area contributed by atoms with Crippen LogP contribution < -0.4 is 5.73 Å². The SMILES string of the molecule is NC1=C(CO)C(F)=CCC1. The van der Waals surface area contributed by atoms with Crippen LogP contribution in [-0.2, 0) is 0 Å². The van der Waals surface area contributed by atoms with Crippen molar-refractivity contribution in [1.82, 2.24) is 0 Å². The molecule has 0 saturated carbocycles. The number of nitrogens with two attached hydrogens (primary N) is 1. The lowest BCUT2D eigenvalue weighted by Crippen LogP contribution is -2.09. The smallest absolute Gasteiger partial charge is 0.126 e. The zero-order valence-corrected chi connectivity index (χ0v) is 5.60. The van der Waals surface area contributed by atoms with Gasteiger partial charge in [-0.2, -0.15) is 0 Å². The van der Waals surface area contributed by atoms with E-state index >= 15 is 0 Å². The van der Waals surface area contributed by atoms with Crippen molar-refractivity contribution in [3.8, 4) is 0 Å². The van der Waals surface area contributed by atoms with E-state index in [0.29, 0.717) is 18.5 Å². The van der Waals surface area contributed by atoms with E-state index in [-0.39, 0.29) is 18.0 Å². The minimum Gasteiger partial charge on any atom is -0.402 e. The van der Waals surface area contributed by atoms with E-state index in [4.69, 9.17) is 10.8 Å². The van der Waals surface area contributed by atoms with Crippen LogP contribution in [-0.4, -0.2) is 11.7 Å². The van der Waals surface area contributed by atoms with Crippen molar-refractivity contribution >= 4 is 0 Å². The minimum atomic E-state index is -0.369. The molecule has 2 nitrogen and oxygen atoms in total. The molecule has 10 heavy (non-hydrogen) atoms. The number of aliphatic hydroxyl groups is 1. The lowest BCUT2D eigenvalue weighted by molar-refractivity contribution is 0.324. The number of halogens is 1. The minimum absolute atomic E-state index is 0.256. The molecule has 0 atom stereocenters. The van der Waals surface area contributed by atoms with Crippen LogP contribution in [0.1, 0.15) is 12.8 Å². The molecule has 3 heteroatoms. The molecule has 1 rings (SSSR count). The Kier molecular flexibility index (Phi) is 2.06. The zero-order chi connectivity index (χ0) is 7.56. The van der Waals surface area contributed by atoms with Crippen LogP contribution in [0.5, 0.6) is 0 Å². The van der Waals surface area contributed by atoms with E-state index in [1.165, 1.54) is 6.08 Å². The molecule has 0 spiro atoms. The second-order valence-corrected chi connectivity index (χ2v) is 2.25. The van der Waals surface area contributed by atoms with Gasteiger partial charge in [-0.1, -0.05) is 0 Å². The molecule has 0 amide bonds. The molecule has 0 radical (unpaired) electrons. The predicted octanol–water partition coefficient (Wildman–Crippen LogP) is 0.839. The van der Waals surface area contributed by atoms with Gasteiger partial charge in [0.05, 0.1) is 6.61 Å². The number of allylic oxidation sites excluding steroid dienone is 2. The van der Waals surface area contributed by atoms with E-state index in [1.807, 2.05) is 0 Å². The quantitative estimate of drug-likeness (QED) is 0.571. The maximum absolute atomic E-state index is 12.7. The first-order chi connectivity index (χ1) is 4.75. The highest BCUT2D eigenvalue weighted by atomic mass is 19.1. The predicted molar refractivity (Wildman–Crippen MR) is 36.7 cm³/mol. The van der Waals surface area contributed by atoms with Crippen molar-refractivity contribution in [3.05, 3.63) is 23.2 Å². The van der Waals surface area contributed by atoms with Crippen molar-refractivity contribution in [2.45, 2.75) is 12.8 Å². The standard InChI is InChI=1S/C7H10FNO/c8-6-2-1-3-7(9)5(6)4-10/h2,10H,1,3-4,9H2. The Labute approximate surface area is 58.8 Å². The van der Waals surface area contributed by atoms with Crippen molar-refractivity contribution in [3.63, 3.8) is 0 Å². The fraction of sp³-hybridized carbons (Fsp3) is 0.429. The van der Waals surface area contributed by atoms with Crippen molar-refractivity contribution in [2.75, 3.05) is 6.61 Å². The molecule has 0 aromatic heterocycles. The molecular weight excluding hydrogens is 133 g/mol. The van der Waals surface area contributed by atoms with Crippen LogP contribution in [0.25, 0.3) is 0 Å². The van der Waals surface area contributed by atoms with Crippen LogP contribution in [0.2, 0.25) is 0 Å². The molecule has 0 heterocycles. The second-order valence-electron chi connectivity index (χ2n) is 2.25. The molecule has 0 saturated heterocycles. The highest BCUT2D eigenvalue weighted by Gasteiger charge is 2.11. The van der Waals surface area contributed by atoms with Gasteiger partial charge in [-0.3, -0.25) is 0 Å². The van der Waals surface area contributed by atoms with Gasteiger partial charge in [-0.15, -0.1) is 0 Å². The van der Waals surface area contributed by atoms with Gasteiger partial charge in [0.15, 0.2) is 0 Å². The van der Waals surface area contributed by atoms with Gasteiger partial charge in [0, 0.05) is 11.3 Å². The Balaban J connectivity index is 2.87.